The van der Waals surface area contributed by atoms with E-state index in [2.05, 4.69) is 5.32 Å². The normalized spacial score (nSPS) is 10.5. The van der Waals surface area contributed by atoms with E-state index >= 15 is 0 Å². The third-order valence-electron chi connectivity index (χ3n) is 2.50. The van der Waals surface area contributed by atoms with Crippen molar-refractivity contribution in [3.8, 4) is 5.75 Å². The highest BCUT2D eigenvalue weighted by molar-refractivity contribution is 6.55. The van der Waals surface area contributed by atoms with Gasteiger partial charge in [0.15, 0.2) is 5.75 Å². The van der Waals surface area contributed by atoms with Gasteiger partial charge >= 0.3 is 12.1 Å². The molecule has 0 fully saturated rings. The molecule has 1 N–H and O–H groups in total. The molecule has 0 saturated heterocycles. The standard InChI is InChI=1S/C12H9Cl7N2O3/c13-1-3-20-11(22)21(4-2-14)12(23)24-10-8(18)6(16)5(15)7(17)9(10)19/h1-4H2,(H,20,22). The summed E-state index contributed by atoms with van der Waals surface area (Å²) in [7, 11) is 0. The lowest BCUT2D eigenvalue weighted by Gasteiger charge is -2.20. The molecule has 5 nitrogen and oxygen atoms in total. The number of imide groups is 1. The molecule has 0 unspecified atom stereocenters. The lowest BCUT2D eigenvalue weighted by atomic mass is 10.3. The Morgan fingerprint density at radius 2 is 1.38 bits per heavy atom. The van der Waals surface area contributed by atoms with Crippen molar-refractivity contribution in [1.82, 2.24) is 10.2 Å². The van der Waals surface area contributed by atoms with Crippen LogP contribution in [0.3, 0.4) is 0 Å². The summed E-state index contributed by atoms with van der Waals surface area (Å²) in [5.74, 6) is -0.185. The highest BCUT2D eigenvalue weighted by Crippen LogP contribution is 2.48. The van der Waals surface area contributed by atoms with E-state index in [0.717, 1.165) is 0 Å². The van der Waals surface area contributed by atoms with Gasteiger partial charge in [-0.15, -0.1) is 23.2 Å². The fourth-order valence-electron chi connectivity index (χ4n) is 1.43. The molecule has 0 aromatic heterocycles. The van der Waals surface area contributed by atoms with Crippen molar-refractivity contribution in [2.45, 2.75) is 0 Å². The molecule has 0 spiro atoms. The van der Waals surface area contributed by atoms with Gasteiger partial charge in [-0.25, -0.2) is 14.5 Å². The number of hydrogen-bond donors (Lipinski definition) is 1. The molecule has 1 rings (SSSR count). The number of ether oxygens (including phenoxy) is 1. The maximum Gasteiger partial charge on any atom is 0.423 e. The smallest absolute Gasteiger partial charge is 0.407 e. The summed E-state index contributed by atoms with van der Waals surface area (Å²) in [6.45, 7) is 0.0192. The second-order valence-corrected chi connectivity index (χ2v) is 6.67. The van der Waals surface area contributed by atoms with Crippen LogP contribution >= 0.6 is 81.2 Å². The summed E-state index contributed by atoms with van der Waals surface area (Å²) in [5, 5.41) is 1.56. The van der Waals surface area contributed by atoms with Crippen molar-refractivity contribution in [3.63, 3.8) is 0 Å². The number of carbonyl (C=O) groups is 2. The Labute approximate surface area is 172 Å². The Bertz CT molecular complexity index is 613. The monoisotopic (exact) mass is 474 g/mol. The van der Waals surface area contributed by atoms with Crippen LogP contribution in [0.15, 0.2) is 0 Å². The molecule has 0 atom stereocenters. The predicted molar refractivity (Wildman–Crippen MR) is 99.1 cm³/mol. The van der Waals surface area contributed by atoms with Gasteiger partial charge in [0.05, 0.1) is 15.1 Å². The number of nitrogens with zero attached hydrogens (tertiary/aromatic N) is 1. The predicted octanol–water partition coefficient (Wildman–Crippen LogP) is 5.94. The molecular formula is C12H9Cl7N2O3. The third kappa shape index (κ3) is 5.24. The van der Waals surface area contributed by atoms with E-state index in [4.69, 9.17) is 85.9 Å². The largest absolute Gasteiger partial charge is 0.423 e. The molecule has 12 heteroatoms. The van der Waals surface area contributed by atoms with E-state index in [-0.39, 0.29) is 55.7 Å². The van der Waals surface area contributed by atoms with Crippen molar-refractivity contribution >= 4 is 93.3 Å². The van der Waals surface area contributed by atoms with Crippen LogP contribution in [0.2, 0.25) is 25.1 Å². The Balaban J connectivity index is 3.10. The van der Waals surface area contributed by atoms with Gasteiger partial charge in [-0.1, -0.05) is 58.0 Å². The summed E-state index contributed by atoms with van der Waals surface area (Å²) in [4.78, 5) is 24.9. The van der Waals surface area contributed by atoms with Crippen molar-refractivity contribution in [1.29, 1.82) is 0 Å². The van der Waals surface area contributed by atoms with E-state index in [1.165, 1.54) is 0 Å². The van der Waals surface area contributed by atoms with Crippen LogP contribution in [0.25, 0.3) is 0 Å². The summed E-state index contributed by atoms with van der Waals surface area (Å²) >= 11 is 40.6. The summed E-state index contributed by atoms with van der Waals surface area (Å²) in [6.07, 6.45) is -1.08. The lowest BCUT2D eigenvalue weighted by Crippen LogP contribution is -2.46. The SMILES string of the molecule is O=C(NCCCl)N(CCCl)C(=O)Oc1c(Cl)c(Cl)c(Cl)c(Cl)c1Cl. The molecular weight excluding hydrogens is 468 g/mol. The first-order valence-electron chi connectivity index (χ1n) is 6.16. The van der Waals surface area contributed by atoms with Gasteiger partial charge in [0.2, 0.25) is 0 Å². The van der Waals surface area contributed by atoms with Gasteiger partial charge in [-0.2, -0.15) is 0 Å². The zero-order chi connectivity index (χ0) is 18.4. The molecule has 24 heavy (non-hydrogen) atoms. The first-order chi connectivity index (χ1) is 11.3. The first-order valence-corrected chi connectivity index (χ1v) is 9.12. The zero-order valence-corrected chi connectivity index (χ0v) is 16.9. The lowest BCUT2D eigenvalue weighted by molar-refractivity contribution is 0.156. The molecule has 0 saturated carbocycles. The van der Waals surface area contributed by atoms with Crippen LogP contribution in [0, 0.1) is 0 Å². The molecule has 134 valence electrons. The van der Waals surface area contributed by atoms with E-state index in [1.807, 2.05) is 0 Å². The molecule has 0 bridgehead atoms. The van der Waals surface area contributed by atoms with Crippen LogP contribution in [0.5, 0.6) is 5.75 Å². The highest BCUT2D eigenvalue weighted by Gasteiger charge is 2.27. The van der Waals surface area contributed by atoms with Gasteiger partial charge in [-0.05, 0) is 0 Å². The van der Waals surface area contributed by atoms with Gasteiger partial charge in [-0.3, -0.25) is 0 Å². The van der Waals surface area contributed by atoms with Crippen LogP contribution in [-0.4, -0.2) is 41.9 Å². The van der Waals surface area contributed by atoms with Gasteiger partial charge in [0.1, 0.15) is 10.0 Å². The molecule has 3 amide bonds. The van der Waals surface area contributed by atoms with Crippen LogP contribution in [0.1, 0.15) is 0 Å². The number of halogens is 7. The van der Waals surface area contributed by atoms with E-state index in [9.17, 15) is 9.59 Å². The maximum atomic E-state index is 12.2. The van der Waals surface area contributed by atoms with Gasteiger partial charge < -0.3 is 10.1 Å². The van der Waals surface area contributed by atoms with E-state index in [1.54, 1.807) is 0 Å². The van der Waals surface area contributed by atoms with Crippen LogP contribution in [0.4, 0.5) is 9.59 Å². The third-order valence-corrected chi connectivity index (χ3v) is 5.10. The molecule has 1 aromatic rings. The molecule has 0 aliphatic heterocycles. The minimum absolute atomic E-state index is 0.0208. The topological polar surface area (TPSA) is 58.6 Å². The number of alkyl halides is 2. The van der Waals surface area contributed by atoms with Crippen molar-refractivity contribution in [2.75, 3.05) is 24.8 Å². The maximum absolute atomic E-state index is 12.2. The molecule has 1 aromatic carbocycles. The average Bonchev–Trinajstić information content (AvgIpc) is 2.57. The van der Waals surface area contributed by atoms with Crippen molar-refractivity contribution in [3.05, 3.63) is 25.1 Å². The van der Waals surface area contributed by atoms with Gasteiger partial charge in [0.25, 0.3) is 0 Å². The Kier molecular flexibility index (Phi) is 9.38. The van der Waals surface area contributed by atoms with Gasteiger partial charge in [0, 0.05) is 24.8 Å². The number of urea groups is 1. The number of hydrogen-bond acceptors (Lipinski definition) is 3. The number of carbonyl (C=O) groups excluding carboxylic acids is 2. The molecule has 0 radical (unpaired) electrons. The number of rotatable bonds is 5. The Morgan fingerprint density at radius 1 is 0.875 bits per heavy atom. The fourth-order valence-corrected chi connectivity index (χ4v) is 2.89. The van der Waals surface area contributed by atoms with Crippen molar-refractivity contribution in [2.24, 2.45) is 0 Å². The number of amides is 3. The number of nitrogens with one attached hydrogen (secondary N) is 1. The zero-order valence-electron chi connectivity index (χ0n) is 11.6. The van der Waals surface area contributed by atoms with Crippen molar-refractivity contribution < 1.29 is 14.3 Å². The van der Waals surface area contributed by atoms with E-state index < -0.39 is 12.1 Å². The molecule has 0 aliphatic rings. The Hall–Kier alpha value is -0.0100. The highest BCUT2D eigenvalue weighted by atomic mass is 35.5. The molecule has 0 heterocycles. The van der Waals surface area contributed by atoms with E-state index in [0.29, 0.717) is 4.90 Å². The first kappa shape index (κ1) is 22.0. The fraction of sp³-hybridized carbons (Fsp3) is 0.333. The van der Waals surface area contributed by atoms with Crippen LogP contribution < -0.4 is 10.1 Å². The minimum atomic E-state index is -1.08. The summed E-state index contributed by atoms with van der Waals surface area (Å²) in [6, 6.07) is -0.750. The number of benzene rings is 1. The minimum Gasteiger partial charge on any atom is -0.407 e. The Morgan fingerprint density at radius 3 is 1.83 bits per heavy atom. The summed E-state index contributed by atoms with van der Waals surface area (Å²) in [5.41, 5.74) is 0. The quantitative estimate of drug-likeness (QED) is 0.324. The second-order valence-electron chi connectivity index (χ2n) is 4.03. The second kappa shape index (κ2) is 10.2. The molecule has 0 aliphatic carbocycles. The van der Waals surface area contributed by atoms with Crippen LogP contribution in [-0.2, 0) is 0 Å². The summed E-state index contributed by atoms with van der Waals surface area (Å²) < 4.78 is 5.05. The average molecular weight is 477 g/mol.